The second-order valence-corrected chi connectivity index (χ2v) is 2.87. The lowest BCUT2D eigenvalue weighted by atomic mass is 10.2. The van der Waals surface area contributed by atoms with Gasteiger partial charge in [0, 0.05) is 18.4 Å². The van der Waals surface area contributed by atoms with Crippen molar-refractivity contribution >= 4 is 0 Å². The third-order valence-corrected chi connectivity index (χ3v) is 2.19. The van der Waals surface area contributed by atoms with Gasteiger partial charge in [0.25, 0.3) is 0 Å². The first-order chi connectivity index (χ1) is 4.97. The molecule has 0 atom stereocenters. The number of hydrogen-bond acceptors (Lipinski definition) is 1. The Morgan fingerprint density at radius 3 is 2.80 bits per heavy atom. The van der Waals surface area contributed by atoms with E-state index in [1.54, 1.807) is 6.20 Å². The van der Waals surface area contributed by atoms with Gasteiger partial charge in [0.2, 0.25) is 0 Å². The lowest BCUT2D eigenvalue weighted by Crippen LogP contribution is -2.00. The lowest BCUT2D eigenvalue weighted by molar-refractivity contribution is 0.515. The molecule has 0 spiro atoms. The summed E-state index contributed by atoms with van der Waals surface area (Å²) in [7, 11) is 0. The molecule has 0 saturated heterocycles. The number of aromatic nitrogens is 2. The van der Waals surface area contributed by atoms with Crippen LogP contribution >= 0.6 is 0 Å². The molecule has 0 aromatic carbocycles. The van der Waals surface area contributed by atoms with Crippen LogP contribution in [0.3, 0.4) is 0 Å². The van der Waals surface area contributed by atoms with Gasteiger partial charge in [-0.1, -0.05) is 12.8 Å². The Balaban J connectivity index is 2.12. The summed E-state index contributed by atoms with van der Waals surface area (Å²) in [5.41, 5.74) is 0. The molecule has 0 aliphatic heterocycles. The first-order valence-electron chi connectivity index (χ1n) is 3.87. The summed E-state index contributed by atoms with van der Waals surface area (Å²) in [5, 5.41) is 0. The summed E-state index contributed by atoms with van der Waals surface area (Å²) in [6.45, 7) is 0. The highest BCUT2D eigenvalue weighted by Gasteiger charge is 2.15. The molecule has 10 heavy (non-hydrogen) atoms. The van der Waals surface area contributed by atoms with E-state index >= 15 is 0 Å². The summed E-state index contributed by atoms with van der Waals surface area (Å²) in [4.78, 5) is 3.90. The molecular formula is C8H11N2. The van der Waals surface area contributed by atoms with Gasteiger partial charge in [-0.05, 0) is 12.8 Å². The molecule has 2 nitrogen and oxygen atoms in total. The van der Waals surface area contributed by atoms with Crippen LogP contribution < -0.4 is 0 Å². The molecule has 2 rings (SSSR count). The Morgan fingerprint density at radius 2 is 2.20 bits per heavy atom. The summed E-state index contributed by atoms with van der Waals surface area (Å²) < 4.78 is 2.10. The van der Waals surface area contributed by atoms with Crippen molar-refractivity contribution in [2.24, 2.45) is 0 Å². The monoisotopic (exact) mass is 135 g/mol. The van der Waals surface area contributed by atoms with Gasteiger partial charge in [0.15, 0.2) is 6.33 Å². The molecule has 0 N–H and O–H groups in total. The summed E-state index contributed by atoms with van der Waals surface area (Å²) >= 11 is 0. The maximum absolute atomic E-state index is 3.90. The van der Waals surface area contributed by atoms with E-state index in [9.17, 15) is 0 Å². The molecule has 1 heterocycles. The number of imidazole rings is 1. The Hall–Kier alpha value is -0.790. The minimum atomic E-state index is 0.697. The standard InChI is InChI=1S/C8H11N2/c1-2-4-8(3-1)10-6-5-9-7-10/h5-6,8H,1-4H2. The number of nitrogens with zero attached hydrogens (tertiary/aromatic N) is 2. The van der Waals surface area contributed by atoms with Crippen LogP contribution in [0.1, 0.15) is 31.7 Å². The van der Waals surface area contributed by atoms with Gasteiger partial charge in [-0.25, -0.2) is 4.98 Å². The van der Waals surface area contributed by atoms with Gasteiger partial charge in [0.05, 0.1) is 0 Å². The predicted octanol–water partition coefficient (Wildman–Crippen LogP) is 1.80. The average Bonchev–Trinajstić information content (AvgIpc) is 2.59. The lowest BCUT2D eigenvalue weighted by Gasteiger charge is -2.07. The van der Waals surface area contributed by atoms with E-state index in [4.69, 9.17) is 0 Å². The fourth-order valence-electron chi connectivity index (χ4n) is 1.62. The molecule has 1 radical (unpaired) electrons. The van der Waals surface area contributed by atoms with Crippen molar-refractivity contribution in [1.29, 1.82) is 0 Å². The Bertz CT molecular complexity index is 185. The quantitative estimate of drug-likeness (QED) is 0.574. The highest BCUT2D eigenvalue weighted by Crippen LogP contribution is 2.28. The minimum absolute atomic E-state index is 0.697. The van der Waals surface area contributed by atoms with Crippen LogP contribution in [-0.2, 0) is 0 Å². The van der Waals surface area contributed by atoms with Crippen LogP contribution in [0.25, 0.3) is 0 Å². The second kappa shape index (κ2) is 2.45. The number of rotatable bonds is 1. The topological polar surface area (TPSA) is 17.8 Å². The normalized spacial score (nSPS) is 20.0. The van der Waals surface area contributed by atoms with Crippen molar-refractivity contribution in [3.63, 3.8) is 0 Å². The van der Waals surface area contributed by atoms with Crippen LogP contribution in [-0.4, -0.2) is 9.55 Å². The molecule has 0 unspecified atom stereocenters. The van der Waals surface area contributed by atoms with Crippen molar-refractivity contribution in [3.8, 4) is 0 Å². The maximum atomic E-state index is 3.90. The van der Waals surface area contributed by atoms with E-state index in [1.807, 2.05) is 6.20 Å². The average molecular weight is 135 g/mol. The summed E-state index contributed by atoms with van der Waals surface area (Å²) in [6, 6.07) is 0.697. The van der Waals surface area contributed by atoms with Gasteiger partial charge in [0.1, 0.15) is 0 Å². The first kappa shape index (κ1) is 5.96. The van der Waals surface area contributed by atoms with E-state index in [2.05, 4.69) is 15.9 Å². The second-order valence-electron chi connectivity index (χ2n) is 2.87. The van der Waals surface area contributed by atoms with Gasteiger partial charge < -0.3 is 4.57 Å². The zero-order chi connectivity index (χ0) is 6.81. The smallest absolute Gasteiger partial charge is 0.176 e. The zero-order valence-electron chi connectivity index (χ0n) is 5.95. The molecule has 1 aliphatic rings. The molecule has 0 bridgehead atoms. The van der Waals surface area contributed by atoms with Crippen molar-refractivity contribution in [3.05, 3.63) is 18.7 Å². The van der Waals surface area contributed by atoms with E-state index in [1.165, 1.54) is 25.7 Å². The fourth-order valence-corrected chi connectivity index (χ4v) is 1.62. The van der Waals surface area contributed by atoms with Crippen molar-refractivity contribution < 1.29 is 0 Å². The molecular weight excluding hydrogens is 124 g/mol. The molecule has 2 heteroatoms. The molecule has 1 aromatic rings. The van der Waals surface area contributed by atoms with Gasteiger partial charge in [-0.2, -0.15) is 0 Å². The SMILES string of the molecule is [c]1nccn1C1CCCC1. The van der Waals surface area contributed by atoms with Crippen molar-refractivity contribution in [1.82, 2.24) is 9.55 Å². The molecule has 1 saturated carbocycles. The third kappa shape index (κ3) is 0.939. The van der Waals surface area contributed by atoms with Crippen LogP contribution in [0.4, 0.5) is 0 Å². The summed E-state index contributed by atoms with van der Waals surface area (Å²) in [6.07, 6.45) is 12.1. The maximum Gasteiger partial charge on any atom is 0.176 e. The van der Waals surface area contributed by atoms with Crippen LogP contribution in [0.5, 0.6) is 0 Å². The van der Waals surface area contributed by atoms with E-state index < -0.39 is 0 Å². The summed E-state index contributed by atoms with van der Waals surface area (Å²) in [5.74, 6) is 0. The van der Waals surface area contributed by atoms with E-state index in [0.29, 0.717) is 6.04 Å². The minimum Gasteiger partial charge on any atom is -0.325 e. The molecule has 0 amide bonds. The first-order valence-corrected chi connectivity index (χ1v) is 3.87. The molecule has 1 aliphatic carbocycles. The molecule has 53 valence electrons. The van der Waals surface area contributed by atoms with Crippen LogP contribution in [0, 0.1) is 6.33 Å². The van der Waals surface area contributed by atoms with Gasteiger partial charge in [-0.15, -0.1) is 0 Å². The van der Waals surface area contributed by atoms with Crippen molar-refractivity contribution in [2.45, 2.75) is 31.7 Å². The Morgan fingerprint density at radius 1 is 1.40 bits per heavy atom. The molecule has 1 aromatic heterocycles. The third-order valence-electron chi connectivity index (χ3n) is 2.19. The molecule has 1 fully saturated rings. The van der Waals surface area contributed by atoms with E-state index in [-0.39, 0.29) is 0 Å². The van der Waals surface area contributed by atoms with Crippen molar-refractivity contribution in [2.75, 3.05) is 0 Å². The largest absolute Gasteiger partial charge is 0.325 e. The number of hydrogen-bond donors (Lipinski definition) is 0. The van der Waals surface area contributed by atoms with Gasteiger partial charge in [-0.3, -0.25) is 0 Å². The zero-order valence-corrected chi connectivity index (χ0v) is 5.95. The highest BCUT2D eigenvalue weighted by atomic mass is 15.0. The van der Waals surface area contributed by atoms with Crippen LogP contribution in [0.15, 0.2) is 12.4 Å². The predicted molar refractivity (Wildman–Crippen MR) is 38.6 cm³/mol. The van der Waals surface area contributed by atoms with Gasteiger partial charge >= 0.3 is 0 Å². The van der Waals surface area contributed by atoms with Crippen LogP contribution in [0.2, 0.25) is 0 Å². The fraction of sp³-hybridized carbons (Fsp3) is 0.625. The van der Waals surface area contributed by atoms with E-state index in [0.717, 1.165) is 0 Å². The highest BCUT2D eigenvalue weighted by molar-refractivity contribution is 4.81. The Kier molecular flexibility index (Phi) is 1.46. The Labute approximate surface area is 60.9 Å².